The number of nitrogens with zero attached hydrogens (tertiary/aromatic N) is 1. The number of ether oxygens (including phenoxy) is 2. The van der Waals surface area contributed by atoms with Gasteiger partial charge in [-0.1, -0.05) is 6.42 Å². The minimum absolute atomic E-state index is 0.211. The van der Waals surface area contributed by atoms with Crippen molar-refractivity contribution in [3.8, 4) is 0 Å². The topological polar surface area (TPSA) is 55.8 Å². The fourth-order valence-corrected chi connectivity index (χ4v) is 3.48. The Hall–Kier alpha value is -1.26. The number of carbonyl (C=O) groups is 2. The first-order valence-electron chi connectivity index (χ1n) is 8.20. The van der Waals surface area contributed by atoms with Gasteiger partial charge in [0, 0.05) is 6.54 Å². The summed E-state index contributed by atoms with van der Waals surface area (Å²) in [7, 11) is 0. The van der Waals surface area contributed by atoms with Crippen LogP contribution in [0.4, 0.5) is 4.79 Å². The van der Waals surface area contributed by atoms with E-state index in [1.54, 1.807) is 4.90 Å². The molecule has 5 nitrogen and oxygen atoms in total. The Balaban J connectivity index is 2.17. The lowest BCUT2D eigenvalue weighted by molar-refractivity contribution is -0.161. The van der Waals surface area contributed by atoms with Gasteiger partial charge in [0.15, 0.2) is 0 Å². The van der Waals surface area contributed by atoms with Gasteiger partial charge in [-0.25, -0.2) is 9.59 Å². The Kier molecular flexibility index (Phi) is 4.46. The van der Waals surface area contributed by atoms with Crippen molar-refractivity contribution >= 4 is 12.1 Å². The van der Waals surface area contributed by atoms with Crippen LogP contribution >= 0.6 is 0 Å². The number of esters is 1. The molecule has 0 aromatic heterocycles. The lowest BCUT2D eigenvalue weighted by atomic mass is 9.94. The zero-order valence-electron chi connectivity index (χ0n) is 14.6. The smallest absolute Gasteiger partial charge is 0.411 e. The molecule has 0 radical (unpaired) electrons. The molecule has 0 bridgehead atoms. The van der Waals surface area contributed by atoms with Crippen LogP contribution in [0.25, 0.3) is 0 Å². The number of amides is 1. The predicted octanol–water partition coefficient (Wildman–Crippen LogP) is 3.36. The first-order valence-corrected chi connectivity index (χ1v) is 8.20. The summed E-state index contributed by atoms with van der Waals surface area (Å²) in [5, 5.41) is 0. The zero-order chi connectivity index (χ0) is 16.7. The Morgan fingerprint density at radius 3 is 2.09 bits per heavy atom. The maximum Gasteiger partial charge on any atom is 0.411 e. The van der Waals surface area contributed by atoms with Crippen LogP contribution in [0.15, 0.2) is 0 Å². The third kappa shape index (κ3) is 3.93. The molecule has 0 N–H and O–H groups in total. The summed E-state index contributed by atoms with van der Waals surface area (Å²) in [6.07, 6.45) is 2.77. The molecule has 1 amide bonds. The predicted molar refractivity (Wildman–Crippen MR) is 83.4 cm³/mol. The van der Waals surface area contributed by atoms with Crippen LogP contribution in [0.5, 0.6) is 0 Å². The lowest BCUT2D eigenvalue weighted by Crippen LogP contribution is -2.47. The maximum atomic E-state index is 12.6. The molecule has 1 aliphatic heterocycles. The summed E-state index contributed by atoms with van der Waals surface area (Å²) >= 11 is 0. The van der Waals surface area contributed by atoms with Crippen LogP contribution in [0, 0.1) is 11.8 Å². The minimum Gasteiger partial charge on any atom is -0.458 e. The highest BCUT2D eigenvalue weighted by atomic mass is 16.6. The van der Waals surface area contributed by atoms with Gasteiger partial charge in [0.05, 0.1) is 0 Å². The van der Waals surface area contributed by atoms with Crippen molar-refractivity contribution in [2.75, 3.05) is 6.54 Å². The maximum absolute atomic E-state index is 12.6. The number of likely N-dealkylation sites (tertiary alicyclic amines) is 1. The molecule has 0 aromatic carbocycles. The highest BCUT2D eigenvalue weighted by Gasteiger charge is 2.51. The van der Waals surface area contributed by atoms with Gasteiger partial charge in [0.2, 0.25) is 0 Å². The van der Waals surface area contributed by atoms with E-state index in [-0.39, 0.29) is 11.9 Å². The molecule has 1 aliphatic carbocycles. The average molecular weight is 311 g/mol. The zero-order valence-corrected chi connectivity index (χ0v) is 14.6. The van der Waals surface area contributed by atoms with Crippen LogP contribution in [0.3, 0.4) is 0 Å². The lowest BCUT2D eigenvalue weighted by Gasteiger charge is -2.31. The van der Waals surface area contributed by atoms with Gasteiger partial charge in [-0.15, -0.1) is 0 Å². The van der Waals surface area contributed by atoms with E-state index >= 15 is 0 Å². The van der Waals surface area contributed by atoms with Gasteiger partial charge in [0.1, 0.15) is 17.2 Å². The van der Waals surface area contributed by atoms with Crippen LogP contribution in [0.1, 0.15) is 60.8 Å². The van der Waals surface area contributed by atoms with E-state index in [1.165, 1.54) is 0 Å². The number of fused-ring (bicyclic) bond motifs is 1. The van der Waals surface area contributed by atoms with Crippen molar-refractivity contribution in [3.63, 3.8) is 0 Å². The van der Waals surface area contributed by atoms with Crippen molar-refractivity contribution in [2.45, 2.75) is 78.0 Å². The SMILES string of the molecule is CC(C)(C)OC(=O)C1C2CCCC2CN1C(=O)OC(C)(C)C. The van der Waals surface area contributed by atoms with Crippen LogP contribution in [0.2, 0.25) is 0 Å². The molecule has 2 aliphatic rings. The summed E-state index contributed by atoms with van der Waals surface area (Å²) in [6, 6.07) is -0.499. The summed E-state index contributed by atoms with van der Waals surface area (Å²) in [4.78, 5) is 26.7. The molecule has 126 valence electrons. The largest absolute Gasteiger partial charge is 0.458 e. The molecule has 22 heavy (non-hydrogen) atoms. The number of hydrogen-bond acceptors (Lipinski definition) is 4. The number of hydrogen-bond donors (Lipinski definition) is 0. The molecular weight excluding hydrogens is 282 g/mol. The summed E-state index contributed by atoms with van der Waals surface area (Å²) in [5.41, 5.74) is -1.11. The Labute approximate surface area is 133 Å². The normalized spacial score (nSPS) is 28.5. The molecule has 1 saturated carbocycles. The average Bonchev–Trinajstić information content (AvgIpc) is 2.81. The third-order valence-corrected chi connectivity index (χ3v) is 4.17. The van der Waals surface area contributed by atoms with E-state index in [4.69, 9.17) is 9.47 Å². The van der Waals surface area contributed by atoms with Crippen LogP contribution < -0.4 is 0 Å². The van der Waals surface area contributed by atoms with E-state index in [9.17, 15) is 9.59 Å². The monoisotopic (exact) mass is 311 g/mol. The van der Waals surface area contributed by atoms with Crippen molar-refractivity contribution in [1.29, 1.82) is 0 Å². The molecule has 0 aromatic rings. The molecule has 2 rings (SSSR count). The van der Waals surface area contributed by atoms with Gasteiger partial charge in [-0.2, -0.15) is 0 Å². The van der Waals surface area contributed by atoms with Crippen molar-refractivity contribution in [2.24, 2.45) is 11.8 Å². The highest BCUT2D eigenvalue weighted by molar-refractivity contribution is 5.83. The Bertz CT molecular complexity index is 447. The molecule has 3 atom stereocenters. The van der Waals surface area contributed by atoms with Crippen molar-refractivity contribution in [1.82, 2.24) is 4.90 Å². The van der Waals surface area contributed by atoms with Gasteiger partial charge < -0.3 is 9.47 Å². The number of carbonyl (C=O) groups excluding carboxylic acids is 2. The van der Waals surface area contributed by atoms with Gasteiger partial charge in [0.25, 0.3) is 0 Å². The first kappa shape index (κ1) is 17.1. The van der Waals surface area contributed by atoms with Gasteiger partial charge in [-0.3, -0.25) is 4.90 Å². The molecule has 1 saturated heterocycles. The Morgan fingerprint density at radius 1 is 0.955 bits per heavy atom. The van der Waals surface area contributed by atoms with E-state index in [1.807, 2.05) is 41.5 Å². The number of rotatable bonds is 1. The molecule has 0 spiro atoms. The second-order valence-corrected chi connectivity index (χ2v) is 8.47. The second-order valence-electron chi connectivity index (χ2n) is 8.47. The van der Waals surface area contributed by atoms with Crippen LogP contribution in [-0.4, -0.2) is 40.8 Å². The Morgan fingerprint density at radius 2 is 1.55 bits per heavy atom. The summed E-state index contributed by atoms with van der Waals surface area (Å²) in [6.45, 7) is 11.7. The summed E-state index contributed by atoms with van der Waals surface area (Å²) < 4.78 is 11.0. The molecule has 2 fully saturated rings. The van der Waals surface area contributed by atoms with Crippen molar-refractivity contribution in [3.05, 3.63) is 0 Å². The van der Waals surface area contributed by atoms with E-state index in [0.29, 0.717) is 12.5 Å². The quantitative estimate of drug-likeness (QED) is 0.697. The highest BCUT2D eigenvalue weighted by Crippen LogP contribution is 2.43. The first-order chi connectivity index (χ1) is 9.98. The van der Waals surface area contributed by atoms with Gasteiger partial charge >= 0.3 is 12.1 Å². The van der Waals surface area contributed by atoms with Gasteiger partial charge in [-0.05, 0) is 66.2 Å². The fraction of sp³-hybridized carbons (Fsp3) is 0.882. The molecule has 1 heterocycles. The van der Waals surface area contributed by atoms with Crippen LogP contribution in [-0.2, 0) is 14.3 Å². The molecule has 3 unspecified atom stereocenters. The second kappa shape index (κ2) is 5.74. The van der Waals surface area contributed by atoms with E-state index < -0.39 is 23.3 Å². The minimum atomic E-state index is -0.562. The molecular formula is C17H29NO4. The third-order valence-electron chi connectivity index (χ3n) is 4.17. The standard InChI is InChI=1S/C17H29NO4/c1-16(2,3)21-14(19)13-12-9-7-8-11(12)10-18(13)15(20)22-17(4,5)6/h11-13H,7-10H2,1-6H3. The summed E-state index contributed by atoms with van der Waals surface area (Å²) in [5.74, 6) is 0.306. The van der Waals surface area contributed by atoms with E-state index in [0.717, 1.165) is 19.3 Å². The van der Waals surface area contributed by atoms with Crippen molar-refractivity contribution < 1.29 is 19.1 Å². The fourth-order valence-electron chi connectivity index (χ4n) is 3.48. The molecule has 5 heteroatoms. The van der Waals surface area contributed by atoms with E-state index in [2.05, 4.69) is 0 Å².